The van der Waals surface area contributed by atoms with Crippen molar-refractivity contribution in [1.29, 1.82) is 0 Å². The van der Waals surface area contributed by atoms with E-state index in [2.05, 4.69) is 5.32 Å². The summed E-state index contributed by atoms with van der Waals surface area (Å²) in [7, 11) is 0. The Morgan fingerprint density at radius 3 is 2.93 bits per heavy atom. The molecule has 80 valence electrons. The summed E-state index contributed by atoms with van der Waals surface area (Å²) in [5.74, 6) is -0.871. The van der Waals surface area contributed by atoms with Crippen molar-refractivity contribution in [3.05, 3.63) is 0 Å². The molecule has 6 nitrogen and oxygen atoms in total. The molecule has 1 amide bonds. The number of carbonyl (C=O) groups is 2. The van der Waals surface area contributed by atoms with Gasteiger partial charge in [0.25, 0.3) is 0 Å². The predicted molar refractivity (Wildman–Crippen MR) is 48.0 cm³/mol. The average Bonchev–Trinajstić information content (AvgIpc) is 2.49. The van der Waals surface area contributed by atoms with E-state index >= 15 is 0 Å². The van der Waals surface area contributed by atoms with Gasteiger partial charge in [0, 0.05) is 6.54 Å². The summed E-state index contributed by atoms with van der Waals surface area (Å²) in [5.41, 5.74) is 0. The van der Waals surface area contributed by atoms with Crippen LogP contribution in [-0.4, -0.2) is 54.4 Å². The molecule has 1 saturated heterocycles. The van der Waals surface area contributed by atoms with Crippen LogP contribution in [0.5, 0.6) is 0 Å². The van der Waals surface area contributed by atoms with Gasteiger partial charge < -0.3 is 15.2 Å². The van der Waals surface area contributed by atoms with E-state index < -0.39 is 12.1 Å². The summed E-state index contributed by atoms with van der Waals surface area (Å²) >= 11 is 0. The molecule has 0 spiro atoms. The molecule has 0 bridgehead atoms. The molecule has 1 aliphatic heterocycles. The second-order valence-electron chi connectivity index (χ2n) is 3.13. The van der Waals surface area contributed by atoms with Crippen LogP contribution in [0.4, 0.5) is 4.79 Å². The number of nitrogens with one attached hydrogen (secondary N) is 1. The van der Waals surface area contributed by atoms with Gasteiger partial charge in [-0.2, -0.15) is 0 Å². The van der Waals surface area contributed by atoms with Crippen LogP contribution >= 0.6 is 0 Å². The van der Waals surface area contributed by atoms with Crippen LogP contribution < -0.4 is 5.32 Å². The van der Waals surface area contributed by atoms with Crippen LogP contribution in [0.1, 0.15) is 6.92 Å². The highest BCUT2D eigenvalue weighted by molar-refractivity contribution is 5.70. The largest absolute Gasteiger partial charge is 0.480 e. The van der Waals surface area contributed by atoms with Gasteiger partial charge >= 0.3 is 12.1 Å². The van der Waals surface area contributed by atoms with Crippen LogP contribution in [0.2, 0.25) is 0 Å². The van der Waals surface area contributed by atoms with Crippen LogP contribution in [0.25, 0.3) is 0 Å². The van der Waals surface area contributed by atoms with E-state index in [1.54, 1.807) is 4.90 Å². The lowest BCUT2D eigenvalue weighted by atomic mass is 10.3. The first-order valence-electron chi connectivity index (χ1n) is 4.50. The van der Waals surface area contributed by atoms with Gasteiger partial charge in [0.1, 0.15) is 6.10 Å². The molecule has 1 heterocycles. The zero-order chi connectivity index (χ0) is 10.6. The first-order chi connectivity index (χ1) is 6.61. The van der Waals surface area contributed by atoms with Crippen molar-refractivity contribution in [2.75, 3.05) is 26.2 Å². The lowest BCUT2D eigenvalue weighted by Gasteiger charge is -2.20. The molecule has 6 heteroatoms. The Hall–Kier alpha value is -1.30. The van der Waals surface area contributed by atoms with Gasteiger partial charge in [-0.3, -0.25) is 9.69 Å². The average molecular weight is 202 g/mol. The third kappa shape index (κ3) is 3.21. The Morgan fingerprint density at radius 1 is 1.79 bits per heavy atom. The van der Waals surface area contributed by atoms with Crippen molar-refractivity contribution >= 4 is 12.1 Å². The molecule has 0 radical (unpaired) electrons. The highest BCUT2D eigenvalue weighted by Gasteiger charge is 2.24. The molecule has 0 saturated carbocycles. The van der Waals surface area contributed by atoms with Crippen LogP contribution in [0, 0.1) is 0 Å². The topological polar surface area (TPSA) is 78.9 Å². The van der Waals surface area contributed by atoms with E-state index in [9.17, 15) is 9.59 Å². The first kappa shape index (κ1) is 10.8. The Labute approximate surface area is 81.8 Å². The molecule has 0 aromatic rings. The SMILES string of the molecule is CCN(CC(=O)O)CC1CNC(=O)O1. The molecule has 1 aliphatic rings. The number of carboxylic acid groups (broad SMARTS) is 1. The van der Waals surface area contributed by atoms with Gasteiger partial charge in [0.15, 0.2) is 0 Å². The Morgan fingerprint density at radius 2 is 2.50 bits per heavy atom. The maximum Gasteiger partial charge on any atom is 0.407 e. The van der Waals surface area contributed by atoms with E-state index in [0.717, 1.165) is 0 Å². The Balaban J connectivity index is 2.32. The maximum atomic E-state index is 10.7. The maximum absolute atomic E-state index is 10.7. The van der Waals surface area contributed by atoms with Crippen LogP contribution in [-0.2, 0) is 9.53 Å². The summed E-state index contributed by atoms with van der Waals surface area (Å²) in [4.78, 5) is 22.8. The molecule has 0 aromatic carbocycles. The number of nitrogens with zero attached hydrogens (tertiary/aromatic N) is 1. The number of carbonyl (C=O) groups excluding carboxylic acids is 1. The molecule has 1 rings (SSSR count). The normalized spacial score (nSPS) is 20.7. The number of amides is 1. The third-order valence-corrected chi connectivity index (χ3v) is 2.02. The van der Waals surface area contributed by atoms with Crippen LogP contribution in [0.15, 0.2) is 0 Å². The smallest absolute Gasteiger partial charge is 0.407 e. The highest BCUT2D eigenvalue weighted by Crippen LogP contribution is 2.02. The molecule has 1 unspecified atom stereocenters. The summed E-state index contributed by atoms with van der Waals surface area (Å²) in [6, 6.07) is 0. The Bertz CT molecular complexity index is 231. The summed E-state index contributed by atoms with van der Waals surface area (Å²) in [6.07, 6.45) is -0.664. The van der Waals surface area contributed by atoms with Crippen molar-refractivity contribution < 1.29 is 19.4 Å². The summed E-state index contributed by atoms with van der Waals surface area (Å²) in [5, 5.41) is 11.1. The van der Waals surface area contributed by atoms with Gasteiger partial charge in [-0.05, 0) is 6.54 Å². The van der Waals surface area contributed by atoms with E-state index in [-0.39, 0.29) is 12.6 Å². The zero-order valence-electron chi connectivity index (χ0n) is 8.02. The fourth-order valence-electron chi connectivity index (χ4n) is 1.32. The molecule has 2 N–H and O–H groups in total. The zero-order valence-corrected chi connectivity index (χ0v) is 8.02. The molecule has 0 aliphatic carbocycles. The van der Waals surface area contributed by atoms with E-state index in [1.807, 2.05) is 6.92 Å². The lowest BCUT2D eigenvalue weighted by Crippen LogP contribution is -2.37. The van der Waals surface area contributed by atoms with Gasteiger partial charge in [-0.25, -0.2) is 4.79 Å². The van der Waals surface area contributed by atoms with E-state index in [1.165, 1.54) is 0 Å². The van der Waals surface area contributed by atoms with Crippen LogP contribution in [0.3, 0.4) is 0 Å². The fourth-order valence-corrected chi connectivity index (χ4v) is 1.32. The minimum absolute atomic E-state index is 0.0233. The second kappa shape index (κ2) is 4.80. The number of cyclic esters (lactones) is 1. The van der Waals surface area contributed by atoms with Crippen molar-refractivity contribution in [3.8, 4) is 0 Å². The molecular weight excluding hydrogens is 188 g/mol. The lowest BCUT2D eigenvalue weighted by molar-refractivity contribution is -0.138. The predicted octanol–water partition coefficient (Wildman–Crippen LogP) is -0.499. The quantitative estimate of drug-likeness (QED) is 0.628. The van der Waals surface area contributed by atoms with E-state index in [4.69, 9.17) is 9.84 Å². The van der Waals surface area contributed by atoms with Crippen molar-refractivity contribution in [2.45, 2.75) is 13.0 Å². The summed E-state index contributed by atoms with van der Waals surface area (Å²) in [6.45, 7) is 3.38. The first-order valence-corrected chi connectivity index (χ1v) is 4.50. The monoisotopic (exact) mass is 202 g/mol. The molecular formula is C8H14N2O4. The van der Waals surface area contributed by atoms with Gasteiger partial charge in [-0.15, -0.1) is 0 Å². The minimum atomic E-state index is -0.871. The fraction of sp³-hybridized carbons (Fsp3) is 0.750. The summed E-state index contributed by atoms with van der Waals surface area (Å²) < 4.78 is 4.89. The number of rotatable bonds is 5. The van der Waals surface area contributed by atoms with E-state index in [0.29, 0.717) is 19.6 Å². The third-order valence-electron chi connectivity index (χ3n) is 2.02. The second-order valence-corrected chi connectivity index (χ2v) is 3.13. The number of likely N-dealkylation sites (N-methyl/N-ethyl adjacent to an activating group) is 1. The van der Waals surface area contributed by atoms with Crippen molar-refractivity contribution in [2.24, 2.45) is 0 Å². The van der Waals surface area contributed by atoms with Gasteiger partial charge in [0.05, 0.1) is 13.1 Å². The molecule has 14 heavy (non-hydrogen) atoms. The molecule has 0 aromatic heterocycles. The van der Waals surface area contributed by atoms with Crippen molar-refractivity contribution in [1.82, 2.24) is 10.2 Å². The number of carboxylic acids is 1. The number of ether oxygens (including phenoxy) is 1. The number of hydrogen-bond donors (Lipinski definition) is 2. The minimum Gasteiger partial charge on any atom is -0.480 e. The Kier molecular flexibility index (Phi) is 3.70. The number of aliphatic carboxylic acids is 1. The molecule has 1 fully saturated rings. The molecule has 1 atom stereocenters. The van der Waals surface area contributed by atoms with Gasteiger partial charge in [-0.1, -0.05) is 6.92 Å². The van der Waals surface area contributed by atoms with Gasteiger partial charge in [0.2, 0.25) is 0 Å². The number of hydrogen-bond acceptors (Lipinski definition) is 4. The standard InChI is InChI=1S/C8H14N2O4/c1-2-10(5-7(11)12)4-6-3-9-8(13)14-6/h6H,2-5H2,1H3,(H,9,13)(H,11,12). The van der Waals surface area contributed by atoms with Crippen molar-refractivity contribution in [3.63, 3.8) is 0 Å². The number of alkyl carbamates (subject to hydrolysis) is 1. The highest BCUT2D eigenvalue weighted by atomic mass is 16.6.